The van der Waals surface area contributed by atoms with Gasteiger partial charge in [-0.1, -0.05) is 0 Å². The first kappa shape index (κ1) is 9.67. The summed E-state index contributed by atoms with van der Waals surface area (Å²) in [6.07, 6.45) is -0.407. The standard InChI is InChI=1S/C9H13NO4/c11-4-5-8(12)9(13)7(10-5)6-2-1-3-14-6/h1-3,5,7-13H,4H2/t5-,7+,8+,9+/m1/s1. The lowest BCUT2D eigenvalue weighted by Crippen LogP contribution is -2.35. The van der Waals surface area contributed by atoms with Crippen molar-refractivity contribution in [2.24, 2.45) is 0 Å². The molecular weight excluding hydrogens is 186 g/mol. The second-order valence-electron chi connectivity index (χ2n) is 3.43. The van der Waals surface area contributed by atoms with Crippen molar-refractivity contribution in [2.45, 2.75) is 24.3 Å². The number of furan rings is 1. The van der Waals surface area contributed by atoms with Crippen molar-refractivity contribution in [3.05, 3.63) is 24.2 Å². The van der Waals surface area contributed by atoms with E-state index in [0.29, 0.717) is 5.76 Å². The first-order valence-corrected chi connectivity index (χ1v) is 4.50. The van der Waals surface area contributed by atoms with Gasteiger partial charge in [-0.2, -0.15) is 0 Å². The van der Waals surface area contributed by atoms with Crippen molar-refractivity contribution in [2.75, 3.05) is 6.61 Å². The molecule has 0 amide bonds. The van der Waals surface area contributed by atoms with Crippen LogP contribution in [-0.2, 0) is 0 Å². The third-order valence-corrected chi connectivity index (χ3v) is 2.54. The lowest BCUT2D eigenvalue weighted by Gasteiger charge is -2.12. The van der Waals surface area contributed by atoms with E-state index in [2.05, 4.69) is 5.32 Å². The molecule has 14 heavy (non-hydrogen) atoms. The molecule has 1 aromatic heterocycles. The Bertz CT molecular complexity index is 287. The molecule has 2 rings (SSSR count). The number of hydrogen-bond donors (Lipinski definition) is 4. The molecule has 0 bridgehead atoms. The maximum atomic E-state index is 9.65. The number of nitrogens with one attached hydrogen (secondary N) is 1. The monoisotopic (exact) mass is 199 g/mol. The Labute approximate surface area is 81.0 Å². The molecule has 1 aliphatic heterocycles. The smallest absolute Gasteiger partial charge is 0.123 e. The van der Waals surface area contributed by atoms with E-state index in [1.807, 2.05) is 0 Å². The van der Waals surface area contributed by atoms with E-state index < -0.39 is 24.3 Å². The predicted molar refractivity (Wildman–Crippen MR) is 47.5 cm³/mol. The average Bonchev–Trinajstić information content (AvgIpc) is 2.78. The Hall–Kier alpha value is -0.880. The minimum absolute atomic E-state index is 0.213. The maximum absolute atomic E-state index is 9.65. The molecule has 0 unspecified atom stereocenters. The summed E-state index contributed by atoms with van der Waals surface area (Å²) in [5, 5.41) is 31.0. The largest absolute Gasteiger partial charge is 0.468 e. The van der Waals surface area contributed by atoms with Crippen molar-refractivity contribution in [3.8, 4) is 0 Å². The van der Waals surface area contributed by atoms with Crippen LogP contribution in [0.3, 0.4) is 0 Å². The molecule has 1 fully saturated rings. The van der Waals surface area contributed by atoms with E-state index in [-0.39, 0.29) is 6.61 Å². The summed E-state index contributed by atoms with van der Waals surface area (Å²) in [6.45, 7) is -0.213. The molecule has 78 valence electrons. The summed E-state index contributed by atoms with van der Waals surface area (Å²) in [5.74, 6) is 0.563. The molecule has 5 nitrogen and oxygen atoms in total. The Balaban J connectivity index is 2.16. The Kier molecular flexibility index (Phi) is 2.56. The first-order chi connectivity index (χ1) is 6.74. The van der Waals surface area contributed by atoms with Crippen LogP contribution in [-0.4, -0.2) is 40.2 Å². The maximum Gasteiger partial charge on any atom is 0.123 e. The van der Waals surface area contributed by atoms with Crippen molar-refractivity contribution in [1.82, 2.24) is 5.32 Å². The Morgan fingerprint density at radius 1 is 1.36 bits per heavy atom. The molecule has 5 heteroatoms. The van der Waals surface area contributed by atoms with Gasteiger partial charge in [-0.3, -0.25) is 5.32 Å². The van der Waals surface area contributed by atoms with Crippen LogP contribution in [0.4, 0.5) is 0 Å². The fraction of sp³-hybridized carbons (Fsp3) is 0.556. The van der Waals surface area contributed by atoms with Crippen LogP contribution < -0.4 is 5.32 Å². The highest BCUT2D eigenvalue weighted by molar-refractivity contribution is 5.12. The van der Waals surface area contributed by atoms with Crippen LogP contribution in [0, 0.1) is 0 Å². The summed E-state index contributed by atoms with van der Waals surface area (Å²) in [4.78, 5) is 0. The van der Waals surface area contributed by atoms with Crippen LogP contribution in [0.5, 0.6) is 0 Å². The van der Waals surface area contributed by atoms with Crippen molar-refractivity contribution < 1.29 is 19.7 Å². The third kappa shape index (κ3) is 1.44. The molecular formula is C9H13NO4. The molecule has 0 radical (unpaired) electrons. The second kappa shape index (κ2) is 3.70. The quantitative estimate of drug-likeness (QED) is 0.491. The van der Waals surface area contributed by atoms with Gasteiger partial charge in [-0.25, -0.2) is 0 Å². The molecule has 1 saturated heterocycles. The SMILES string of the molecule is OC[C@H]1N[C@@H](c2ccco2)[C@H](O)[C@H]1O. The third-order valence-electron chi connectivity index (χ3n) is 2.54. The van der Waals surface area contributed by atoms with E-state index in [1.54, 1.807) is 12.1 Å². The summed E-state index contributed by atoms with van der Waals surface area (Å²) in [5.41, 5.74) is 0. The highest BCUT2D eigenvalue weighted by atomic mass is 16.4. The second-order valence-corrected chi connectivity index (χ2v) is 3.43. The zero-order chi connectivity index (χ0) is 10.1. The molecule has 1 aromatic rings. The van der Waals surface area contributed by atoms with E-state index in [4.69, 9.17) is 9.52 Å². The summed E-state index contributed by atoms with van der Waals surface area (Å²) in [7, 11) is 0. The molecule has 0 saturated carbocycles. The lowest BCUT2D eigenvalue weighted by atomic mass is 10.1. The lowest BCUT2D eigenvalue weighted by molar-refractivity contribution is 0.0173. The highest BCUT2D eigenvalue weighted by Gasteiger charge is 2.42. The van der Waals surface area contributed by atoms with Gasteiger partial charge in [0.25, 0.3) is 0 Å². The van der Waals surface area contributed by atoms with Gasteiger partial charge in [0.05, 0.1) is 31.1 Å². The van der Waals surface area contributed by atoms with Crippen LogP contribution >= 0.6 is 0 Å². The minimum atomic E-state index is -0.963. The van der Waals surface area contributed by atoms with Crippen molar-refractivity contribution >= 4 is 0 Å². The predicted octanol–water partition coefficient (Wildman–Crippen LogP) is -0.993. The average molecular weight is 199 g/mol. The highest BCUT2D eigenvalue weighted by Crippen LogP contribution is 2.27. The van der Waals surface area contributed by atoms with Gasteiger partial charge in [-0.05, 0) is 12.1 Å². The van der Waals surface area contributed by atoms with Gasteiger partial charge in [-0.15, -0.1) is 0 Å². The number of aliphatic hydroxyl groups is 3. The van der Waals surface area contributed by atoms with E-state index in [9.17, 15) is 10.2 Å². The molecule has 4 atom stereocenters. The summed E-state index contributed by atoms with van der Waals surface area (Å²) >= 11 is 0. The van der Waals surface area contributed by atoms with Gasteiger partial charge < -0.3 is 19.7 Å². The molecule has 0 aromatic carbocycles. The number of aliphatic hydroxyl groups excluding tert-OH is 3. The zero-order valence-corrected chi connectivity index (χ0v) is 7.50. The van der Waals surface area contributed by atoms with E-state index in [0.717, 1.165) is 0 Å². The molecule has 0 spiro atoms. The van der Waals surface area contributed by atoms with E-state index in [1.165, 1.54) is 6.26 Å². The first-order valence-electron chi connectivity index (χ1n) is 4.50. The van der Waals surface area contributed by atoms with Crippen molar-refractivity contribution in [1.29, 1.82) is 0 Å². The van der Waals surface area contributed by atoms with Crippen LogP contribution in [0.25, 0.3) is 0 Å². The fourth-order valence-corrected chi connectivity index (χ4v) is 1.74. The molecule has 1 aliphatic rings. The van der Waals surface area contributed by atoms with Gasteiger partial charge in [0.2, 0.25) is 0 Å². The van der Waals surface area contributed by atoms with Crippen LogP contribution in [0.2, 0.25) is 0 Å². The van der Waals surface area contributed by atoms with Crippen LogP contribution in [0.15, 0.2) is 22.8 Å². The van der Waals surface area contributed by atoms with Gasteiger partial charge in [0.15, 0.2) is 0 Å². The van der Waals surface area contributed by atoms with Gasteiger partial charge in [0.1, 0.15) is 11.9 Å². The van der Waals surface area contributed by atoms with E-state index >= 15 is 0 Å². The van der Waals surface area contributed by atoms with Crippen LogP contribution in [0.1, 0.15) is 11.8 Å². The van der Waals surface area contributed by atoms with Gasteiger partial charge >= 0.3 is 0 Å². The summed E-state index contributed by atoms with van der Waals surface area (Å²) < 4.78 is 5.11. The topological polar surface area (TPSA) is 85.9 Å². The minimum Gasteiger partial charge on any atom is -0.468 e. The molecule has 4 N–H and O–H groups in total. The number of rotatable bonds is 2. The Morgan fingerprint density at radius 3 is 2.64 bits per heavy atom. The Morgan fingerprint density at radius 2 is 2.14 bits per heavy atom. The molecule has 0 aliphatic carbocycles. The fourth-order valence-electron chi connectivity index (χ4n) is 1.74. The van der Waals surface area contributed by atoms with Gasteiger partial charge in [0, 0.05) is 0 Å². The zero-order valence-electron chi connectivity index (χ0n) is 7.50. The van der Waals surface area contributed by atoms with Crippen molar-refractivity contribution in [3.63, 3.8) is 0 Å². The normalized spacial score (nSPS) is 37.6. The molecule has 2 heterocycles. The summed E-state index contributed by atoms with van der Waals surface area (Å²) in [6, 6.07) is 2.48. The number of hydrogen-bond acceptors (Lipinski definition) is 5.